The maximum absolute atomic E-state index is 6.01. The lowest BCUT2D eigenvalue weighted by atomic mass is 9.92. The maximum Gasteiger partial charge on any atom is 0.0955 e. The van der Waals surface area contributed by atoms with Crippen molar-refractivity contribution in [1.82, 2.24) is 0 Å². The van der Waals surface area contributed by atoms with Crippen molar-refractivity contribution in [3.05, 3.63) is 0 Å². The first-order chi connectivity index (χ1) is 4.46. The van der Waals surface area contributed by atoms with Crippen LogP contribution in [0.15, 0.2) is 0 Å². The summed E-state index contributed by atoms with van der Waals surface area (Å²) in [5, 5.41) is 0. The molecule has 1 aliphatic carbocycles. The van der Waals surface area contributed by atoms with Crippen molar-refractivity contribution in [2.45, 2.75) is 32.8 Å². The Morgan fingerprint density at radius 1 is 0.900 bits per heavy atom. The monoisotopic (exact) mass is 366 g/mol. The first-order valence-electron chi connectivity index (χ1n) is 3.41. The number of hydrogen-bond donors (Lipinski definition) is 2. The van der Waals surface area contributed by atoms with Gasteiger partial charge in [-0.05, 0) is 12.8 Å². The highest BCUT2D eigenvalue weighted by molar-refractivity contribution is 14.1. The summed E-state index contributed by atoms with van der Waals surface area (Å²) >= 11 is 4.56. The van der Waals surface area contributed by atoms with Crippen LogP contribution >= 0.6 is 45.2 Å². The molecule has 0 radical (unpaired) electrons. The second-order valence-corrected chi connectivity index (χ2v) is 6.78. The number of rotatable bonds is 0. The molecule has 0 amide bonds. The van der Waals surface area contributed by atoms with Gasteiger partial charge in [-0.1, -0.05) is 58.0 Å². The topological polar surface area (TPSA) is 52.0 Å². The highest BCUT2D eigenvalue weighted by Gasteiger charge is 2.43. The molecule has 4 N–H and O–H groups in total. The van der Waals surface area contributed by atoms with E-state index in [1.165, 1.54) is 12.8 Å². The van der Waals surface area contributed by atoms with E-state index in [1.54, 1.807) is 0 Å². The molecule has 0 aromatic rings. The third-order valence-corrected chi connectivity index (χ3v) is 6.06. The van der Waals surface area contributed by atoms with Crippen molar-refractivity contribution in [1.29, 1.82) is 0 Å². The Kier molecular flexibility index (Phi) is 2.86. The van der Waals surface area contributed by atoms with Gasteiger partial charge in [-0.3, -0.25) is 0 Å². The summed E-state index contributed by atoms with van der Waals surface area (Å²) in [4.78, 5) is 0. The lowest BCUT2D eigenvalue weighted by molar-refractivity contribution is 0.354. The van der Waals surface area contributed by atoms with E-state index < -0.39 is 0 Å². The zero-order valence-electron chi connectivity index (χ0n) is 5.74. The highest BCUT2D eigenvalue weighted by Crippen LogP contribution is 2.42. The lowest BCUT2D eigenvalue weighted by Crippen LogP contribution is -2.59. The Morgan fingerprint density at radius 2 is 1.20 bits per heavy atom. The molecule has 0 aliphatic heterocycles. The zero-order chi connectivity index (χ0) is 7.83. The van der Waals surface area contributed by atoms with E-state index in [2.05, 4.69) is 45.2 Å². The van der Waals surface area contributed by atoms with Crippen LogP contribution in [-0.4, -0.2) is 7.09 Å². The van der Waals surface area contributed by atoms with Crippen LogP contribution in [0.2, 0.25) is 0 Å². The summed E-state index contributed by atoms with van der Waals surface area (Å²) in [6.07, 6.45) is 4.54. The quantitative estimate of drug-likeness (QED) is 0.390. The largest absolute Gasteiger partial charge is 0.315 e. The third-order valence-electron chi connectivity index (χ3n) is 2.02. The van der Waals surface area contributed by atoms with Gasteiger partial charge >= 0.3 is 0 Å². The predicted octanol–water partition coefficient (Wildman–Crippen LogP) is 1.74. The number of halogens is 2. The second-order valence-electron chi connectivity index (χ2n) is 2.93. The van der Waals surface area contributed by atoms with Crippen molar-refractivity contribution in [3.63, 3.8) is 0 Å². The Hall–Kier alpha value is 1.38. The van der Waals surface area contributed by atoms with Crippen molar-refractivity contribution in [2.75, 3.05) is 0 Å². The van der Waals surface area contributed by atoms with E-state index in [0.29, 0.717) is 0 Å². The predicted molar refractivity (Wildman–Crippen MR) is 60.3 cm³/mol. The molecule has 1 aliphatic rings. The maximum atomic E-state index is 6.01. The third kappa shape index (κ3) is 1.75. The summed E-state index contributed by atoms with van der Waals surface area (Å²) in [6.45, 7) is 0. The van der Waals surface area contributed by atoms with Gasteiger partial charge in [-0.15, -0.1) is 0 Å². The molecule has 1 fully saturated rings. The van der Waals surface area contributed by atoms with Crippen molar-refractivity contribution in [2.24, 2.45) is 11.5 Å². The molecule has 0 heterocycles. The molecule has 0 spiro atoms. The second kappa shape index (κ2) is 3.02. The Balaban J connectivity index is 2.70. The van der Waals surface area contributed by atoms with Gasteiger partial charge in [0, 0.05) is 0 Å². The SMILES string of the molecule is N[C@@]1(I)CCCC[C@@]1(N)I. The van der Waals surface area contributed by atoms with E-state index in [9.17, 15) is 0 Å². The van der Waals surface area contributed by atoms with E-state index >= 15 is 0 Å². The van der Waals surface area contributed by atoms with Gasteiger partial charge in [-0.2, -0.15) is 0 Å². The fourth-order valence-corrected chi connectivity index (χ4v) is 2.48. The van der Waals surface area contributed by atoms with Crippen LogP contribution in [0.5, 0.6) is 0 Å². The van der Waals surface area contributed by atoms with E-state index in [4.69, 9.17) is 11.5 Å². The number of hydrogen-bond acceptors (Lipinski definition) is 2. The fourth-order valence-electron chi connectivity index (χ4n) is 1.18. The molecule has 1 rings (SSSR count). The van der Waals surface area contributed by atoms with E-state index in [1.807, 2.05) is 0 Å². The molecular formula is C6H12I2N2. The average molecular weight is 366 g/mol. The van der Waals surface area contributed by atoms with Crippen molar-refractivity contribution < 1.29 is 0 Å². The van der Waals surface area contributed by atoms with Gasteiger partial charge in [0.1, 0.15) is 0 Å². The fraction of sp³-hybridized carbons (Fsp3) is 1.00. The van der Waals surface area contributed by atoms with Crippen LogP contribution in [-0.2, 0) is 0 Å². The summed E-state index contributed by atoms with van der Waals surface area (Å²) in [6, 6.07) is 0. The normalized spacial score (nSPS) is 49.2. The van der Waals surface area contributed by atoms with Crippen LogP contribution in [0, 0.1) is 0 Å². The first-order valence-corrected chi connectivity index (χ1v) is 5.57. The molecule has 0 aromatic carbocycles. The van der Waals surface area contributed by atoms with Crippen molar-refractivity contribution in [3.8, 4) is 0 Å². The molecule has 0 unspecified atom stereocenters. The van der Waals surface area contributed by atoms with Gasteiger partial charge in [0.05, 0.1) is 7.09 Å². The standard InChI is InChI=1S/C6H12I2N2/c7-5(9)3-1-2-4-6(5,8)10/h1-4,9-10H2/t5-,6-/m0/s1. The van der Waals surface area contributed by atoms with Gasteiger partial charge in [0.15, 0.2) is 0 Å². The molecule has 0 aromatic heterocycles. The summed E-state index contributed by atoms with van der Waals surface area (Å²) < 4.78 is -0.382. The zero-order valence-corrected chi connectivity index (χ0v) is 10.1. The van der Waals surface area contributed by atoms with Gasteiger partial charge in [0.2, 0.25) is 0 Å². The molecule has 1 saturated carbocycles. The molecule has 0 saturated heterocycles. The smallest absolute Gasteiger partial charge is 0.0955 e. The minimum atomic E-state index is -0.191. The molecule has 2 nitrogen and oxygen atoms in total. The van der Waals surface area contributed by atoms with Crippen LogP contribution in [0.4, 0.5) is 0 Å². The minimum absolute atomic E-state index is 0.191. The molecule has 60 valence electrons. The van der Waals surface area contributed by atoms with Crippen LogP contribution < -0.4 is 11.5 Å². The lowest BCUT2D eigenvalue weighted by Gasteiger charge is -2.41. The Morgan fingerprint density at radius 3 is 1.40 bits per heavy atom. The van der Waals surface area contributed by atoms with E-state index in [0.717, 1.165) is 12.8 Å². The Bertz CT molecular complexity index is 118. The molecule has 4 heteroatoms. The van der Waals surface area contributed by atoms with Crippen LogP contribution in [0.3, 0.4) is 0 Å². The number of nitrogens with two attached hydrogens (primary N) is 2. The summed E-state index contributed by atoms with van der Waals surface area (Å²) in [5.41, 5.74) is 12.0. The number of alkyl halides is 2. The molecule has 2 atom stereocenters. The van der Waals surface area contributed by atoms with Gasteiger partial charge in [0.25, 0.3) is 0 Å². The summed E-state index contributed by atoms with van der Waals surface area (Å²) in [7, 11) is 0. The molecule has 0 bridgehead atoms. The van der Waals surface area contributed by atoms with Crippen LogP contribution in [0.1, 0.15) is 25.7 Å². The first kappa shape index (κ1) is 9.47. The van der Waals surface area contributed by atoms with E-state index in [-0.39, 0.29) is 7.09 Å². The van der Waals surface area contributed by atoms with Gasteiger partial charge in [-0.25, -0.2) is 0 Å². The summed E-state index contributed by atoms with van der Waals surface area (Å²) in [5.74, 6) is 0. The minimum Gasteiger partial charge on any atom is -0.315 e. The van der Waals surface area contributed by atoms with Gasteiger partial charge < -0.3 is 11.5 Å². The molecule has 10 heavy (non-hydrogen) atoms. The van der Waals surface area contributed by atoms with Crippen LogP contribution in [0.25, 0.3) is 0 Å². The Labute approximate surface area is 88.8 Å². The highest BCUT2D eigenvalue weighted by atomic mass is 127. The average Bonchev–Trinajstić information content (AvgIpc) is 1.77. The van der Waals surface area contributed by atoms with Crippen molar-refractivity contribution >= 4 is 45.2 Å². The molecular weight excluding hydrogens is 354 g/mol.